The summed E-state index contributed by atoms with van der Waals surface area (Å²) in [6.07, 6.45) is 17.5. The van der Waals surface area contributed by atoms with Crippen molar-refractivity contribution in [1.29, 1.82) is 0 Å². The Morgan fingerprint density at radius 2 is 1.09 bits per heavy atom. The third-order valence-corrected chi connectivity index (χ3v) is 3.73. The molecule has 0 saturated carbocycles. The van der Waals surface area contributed by atoms with Gasteiger partial charge < -0.3 is 15.8 Å². The minimum absolute atomic E-state index is 0.0484. The van der Waals surface area contributed by atoms with Crippen molar-refractivity contribution in [2.45, 2.75) is 104 Å². The van der Waals surface area contributed by atoms with Crippen LogP contribution in [0.2, 0.25) is 0 Å². The number of ether oxygens (including phenoxy) is 1. The Labute approximate surface area is 140 Å². The van der Waals surface area contributed by atoms with E-state index in [-0.39, 0.29) is 6.23 Å². The van der Waals surface area contributed by atoms with Crippen molar-refractivity contribution in [3.05, 3.63) is 0 Å². The van der Waals surface area contributed by atoms with Crippen LogP contribution in [0.3, 0.4) is 0 Å². The van der Waals surface area contributed by atoms with Gasteiger partial charge in [-0.05, 0) is 26.9 Å². The molecule has 0 bridgehead atoms. The first-order valence-electron chi connectivity index (χ1n) is 9.68. The van der Waals surface area contributed by atoms with Crippen LogP contribution in [0.15, 0.2) is 0 Å². The molecule has 0 aromatic rings. The number of nitrogens with one attached hydrogen (secondary N) is 1. The maximum absolute atomic E-state index is 5.69. The van der Waals surface area contributed by atoms with Crippen molar-refractivity contribution in [1.82, 2.24) is 5.32 Å². The molecule has 0 aliphatic carbocycles. The summed E-state index contributed by atoms with van der Waals surface area (Å²) in [4.78, 5) is 0. The molecule has 0 radical (unpaired) electrons. The van der Waals surface area contributed by atoms with Gasteiger partial charge in [-0.15, -0.1) is 0 Å². The van der Waals surface area contributed by atoms with E-state index in [1.54, 1.807) is 0 Å². The largest absolute Gasteiger partial charge is 0.364 e. The topological polar surface area (TPSA) is 47.3 Å². The molecule has 0 rings (SSSR count). The highest BCUT2D eigenvalue weighted by Gasteiger charge is 1.97. The lowest BCUT2D eigenvalue weighted by molar-refractivity contribution is 0.0526. The van der Waals surface area contributed by atoms with E-state index < -0.39 is 0 Å². The average Bonchev–Trinajstić information content (AvgIpc) is 2.52. The van der Waals surface area contributed by atoms with Gasteiger partial charge in [-0.1, -0.05) is 84.5 Å². The maximum Gasteiger partial charge on any atom is 0.105 e. The summed E-state index contributed by atoms with van der Waals surface area (Å²) >= 11 is 0. The van der Waals surface area contributed by atoms with Crippen LogP contribution in [-0.4, -0.2) is 26.9 Å². The van der Waals surface area contributed by atoms with E-state index in [2.05, 4.69) is 19.2 Å². The Hall–Kier alpha value is -0.120. The summed E-state index contributed by atoms with van der Waals surface area (Å²) in [5.41, 5.74) is 5.69. The van der Waals surface area contributed by atoms with Crippen molar-refractivity contribution in [2.24, 2.45) is 5.73 Å². The zero-order chi connectivity index (χ0) is 16.9. The standard InChI is InChI=1S/C17H37NO.C2H7N/c1-3-5-6-7-8-9-10-11-12-13-14-15-16-19-17(18)4-2;1-3-2/h17H,3-16,18H2,1-2H3;3H,1-2H3. The fraction of sp³-hybridized carbons (Fsp3) is 1.00. The minimum Gasteiger partial charge on any atom is -0.364 e. The Kier molecular flexibility index (Phi) is 25.4. The van der Waals surface area contributed by atoms with Gasteiger partial charge >= 0.3 is 0 Å². The second-order valence-corrected chi connectivity index (χ2v) is 6.21. The molecule has 1 unspecified atom stereocenters. The van der Waals surface area contributed by atoms with E-state index in [1.807, 2.05) is 14.1 Å². The second kappa shape index (κ2) is 23.2. The molecule has 136 valence electrons. The van der Waals surface area contributed by atoms with Gasteiger partial charge in [0.2, 0.25) is 0 Å². The van der Waals surface area contributed by atoms with Crippen LogP contribution >= 0.6 is 0 Å². The lowest BCUT2D eigenvalue weighted by Gasteiger charge is -2.09. The summed E-state index contributed by atoms with van der Waals surface area (Å²) in [5, 5.41) is 2.75. The Morgan fingerprint density at radius 1 is 0.727 bits per heavy atom. The number of rotatable bonds is 15. The van der Waals surface area contributed by atoms with Crippen LogP contribution in [0.5, 0.6) is 0 Å². The van der Waals surface area contributed by atoms with Gasteiger partial charge in [0.25, 0.3) is 0 Å². The zero-order valence-electron chi connectivity index (χ0n) is 16.0. The summed E-state index contributed by atoms with van der Waals surface area (Å²) in [6, 6.07) is 0. The lowest BCUT2D eigenvalue weighted by atomic mass is 10.1. The van der Waals surface area contributed by atoms with Crippen molar-refractivity contribution in [3.8, 4) is 0 Å². The normalized spacial score (nSPS) is 11.9. The molecular weight excluding hydrogens is 272 g/mol. The molecule has 3 N–H and O–H groups in total. The minimum atomic E-state index is -0.0484. The van der Waals surface area contributed by atoms with Gasteiger partial charge in [-0.2, -0.15) is 0 Å². The van der Waals surface area contributed by atoms with Crippen LogP contribution in [0.25, 0.3) is 0 Å². The van der Waals surface area contributed by atoms with Crippen LogP contribution in [0, 0.1) is 0 Å². The fourth-order valence-corrected chi connectivity index (χ4v) is 2.30. The first kappa shape index (κ1) is 24.1. The van der Waals surface area contributed by atoms with E-state index in [0.717, 1.165) is 13.0 Å². The SMILES string of the molecule is CCCCCCCCCCCCCCOC(N)CC.CNC. The maximum atomic E-state index is 5.69. The number of hydrogen-bond donors (Lipinski definition) is 2. The average molecular weight is 317 g/mol. The Balaban J connectivity index is 0. The highest BCUT2D eigenvalue weighted by Crippen LogP contribution is 2.11. The quantitative estimate of drug-likeness (QED) is 0.321. The molecule has 0 amide bonds. The predicted molar refractivity (Wildman–Crippen MR) is 100 cm³/mol. The smallest absolute Gasteiger partial charge is 0.105 e. The van der Waals surface area contributed by atoms with Crippen LogP contribution in [0.4, 0.5) is 0 Å². The first-order valence-corrected chi connectivity index (χ1v) is 9.68. The zero-order valence-corrected chi connectivity index (χ0v) is 16.0. The summed E-state index contributed by atoms with van der Waals surface area (Å²) < 4.78 is 5.46. The number of unbranched alkanes of at least 4 members (excludes halogenated alkanes) is 11. The van der Waals surface area contributed by atoms with E-state index in [0.29, 0.717) is 0 Å². The van der Waals surface area contributed by atoms with Crippen LogP contribution in [-0.2, 0) is 4.74 Å². The Morgan fingerprint density at radius 3 is 1.45 bits per heavy atom. The monoisotopic (exact) mass is 316 g/mol. The van der Waals surface area contributed by atoms with E-state index >= 15 is 0 Å². The Bertz CT molecular complexity index is 177. The predicted octanol–water partition coefficient (Wildman–Crippen LogP) is 5.23. The van der Waals surface area contributed by atoms with Gasteiger partial charge in [0.05, 0.1) is 0 Å². The molecule has 1 atom stereocenters. The first-order chi connectivity index (χ1) is 10.7. The molecule has 0 saturated heterocycles. The molecule has 22 heavy (non-hydrogen) atoms. The molecule has 0 aliphatic rings. The molecule has 0 fully saturated rings. The third kappa shape index (κ3) is 24.9. The van der Waals surface area contributed by atoms with Gasteiger partial charge in [0.1, 0.15) is 6.23 Å². The van der Waals surface area contributed by atoms with Gasteiger partial charge in [-0.3, -0.25) is 0 Å². The number of nitrogens with two attached hydrogens (primary N) is 1. The summed E-state index contributed by atoms with van der Waals surface area (Å²) in [6.45, 7) is 5.18. The van der Waals surface area contributed by atoms with E-state index in [4.69, 9.17) is 10.5 Å². The van der Waals surface area contributed by atoms with Crippen molar-refractivity contribution in [2.75, 3.05) is 20.7 Å². The van der Waals surface area contributed by atoms with Crippen LogP contribution in [0.1, 0.15) is 97.3 Å². The molecule has 0 heterocycles. The van der Waals surface area contributed by atoms with Gasteiger partial charge in [-0.25, -0.2) is 0 Å². The van der Waals surface area contributed by atoms with E-state index in [1.165, 1.54) is 77.0 Å². The lowest BCUT2D eigenvalue weighted by Crippen LogP contribution is -2.22. The fourth-order valence-electron chi connectivity index (χ4n) is 2.30. The molecule has 0 aromatic heterocycles. The van der Waals surface area contributed by atoms with E-state index in [9.17, 15) is 0 Å². The highest BCUT2D eigenvalue weighted by molar-refractivity contribution is 4.49. The molecule has 3 nitrogen and oxygen atoms in total. The highest BCUT2D eigenvalue weighted by atomic mass is 16.5. The van der Waals surface area contributed by atoms with Gasteiger partial charge in [0, 0.05) is 6.61 Å². The van der Waals surface area contributed by atoms with Crippen molar-refractivity contribution < 1.29 is 4.74 Å². The summed E-state index contributed by atoms with van der Waals surface area (Å²) in [5.74, 6) is 0. The van der Waals surface area contributed by atoms with Gasteiger partial charge in [0.15, 0.2) is 0 Å². The van der Waals surface area contributed by atoms with Crippen molar-refractivity contribution in [3.63, 3.8) is 0 Å². The molecule has 0 aliphatic heterocycles. The molecule has 0 spiro atoms. The molecular formula is C19H44N2O. The number of hydrogen-bond acceptors (Lipinski definition) is 3. The van der Waals surface area contributed by atoms with Crippen molar-refractivity contribution >= 4 is 0 Å². The van der Waals surface area contributed by atoms with Crippen LogP contribution < -0.4 is 11.1 Å². The molecule has 0 aromatic carbocycles. The third-order valence-electron chi connectivity index (χ3n) is 3.73. The molecule has 3 heteroatoms. The second-order valence-electron chi connectivity index (χ2n) is 6.21. The summed E-state index contributed by atoms with van der Waals surface area (Å²) in [7, 11) is 3.75.